The number of aldehydes is 1. The lowest BCUT2D eigenvalue weighted by Gasteiger charge is -2.04. The summed E-state index contributed by atoms with van der Waals surface area (Å²) in [5.74, 6) is 0.776. The monoisotopic (exact) mass is 311 g/mol. The quantitative estimate of drug-likeness (QED) is 0.811. The summed E-state index contributed by atoms with van der Waals surface area (Å²) in [7, 11) is 1.62. The molecule has 1 aromatic carbocycles. The molecule has 3 nitrogen and oxygen atoms in total. The highest BCUT2D eigenvalue weighted by molar-refractivity contribution is 9.10. The van der Waals surface area contributed by atoms with Crippen LogP contribution >= 0.6 is 27.3 Å². The average Bonchev–Trinajstić information content (AvgIpc) is 2.70. The van der Waals surface area contributed by atoms with Gasteiger partial charge in [0.05, 0.1) is 22.2 Å². The van der Waals surface area contributed by atoms with Gasteiger partial charge in [0.15, 0.2) is 6.29 Å². The topological polar surface area (TPSA) is 39.2 Å². The van der Waals surface area contributed by atoms with Crippen molar-refractivity contribution in [3.8, 4) is 16.3 Å². The van der Waals surface area contributed by atoms with Crippen molar-refractivity contribution in [3.63, 3.8) is 0 Å². The number of thiazole rings is 1. The van der Waals surface area contributed by atoms with Gasteiger partial charge in [0.2, 0.25) is 0 Å². The smallest absolute Gasteiger partial charge is 0.161 e. The molecule has 0 atom stereocenters. The van der Waals surface area contributed by atoms with Crippen LogP contribution in [0.4, 0.5) is 0 Å². The first-order valence-electron chi connectivity index (χ1n) is 4.92. The highest BCUT2D eigenvalue weighted by Crippen LogP contribution is 2.33. The highest BCUT2D eigenvalue weighted by Gasteiger charge is 2.10. The Labute approximate surface area is 112 Å². The molecule has 0 aliphatic rings. The lowest BCUT2D eigenvalue weighted by molar-refractivity contribution is 0.112. The number of hydrogen-bond donors (Lipinski definition) is 0. The molecule has 88 valence electrons. The van der Waals surface area contributed by atoms with Gasteiger partial charge in [-0.15, -0.1) is 11.3 Å². The van der Waals surface area contributed by atoms with Crippen molar-refractivity contribution in [2.24, 2.45) is 0 Å². The van der Waals surface area contributed by atoms with Crippen LogP contribution in [-0.4, -0.2) is 18.4 Å². The van der Waals surface area contributed by atoms with Gasteiger partial charge in [-0.05, 0) is 41.1 Å². The molecule has 1 heterocycles. The molecule has 0 saturated heterocycles. The Hall–Kier alpha value is -1.20. The molecule has 0 aliphatic heterocycles. The number of ether oxygens (including phenoxy) is 1. The van der Waals surface area contributed by atoms with Crippen molar-refractivity contribution in [1.29, 1.82) is 0 Å². The van der Waals surface area contributed by atoms with E-state index in [1.807, 2.05) is 25.1 Å². The Morgan fingerprint density at radius 3 is 2.76 bits per heavy atom. The third-order valence-corrected chi connectivity index (χ3v) is 4.09. The van der Waals surface area contributed by atoms with Gasteiger partial charge in [-0.1, -0.05) is 0 Å². The Balaban J connectivity index is 2.45. The van der Waals surface area contributed by atoms with Crippen LogP contribution in [0.2, 0.25) is 0 Å². The van der Waals surface area contributed by atoms with Crippen LogP contribution in [0.5, 0.6) is 5.75 Å². The molecule has 0 spiro atoms. The largest absolute Gasteiger partial charge is 0.496 e. The van der Waals surface area contributed by atoms with Crippen LogP contribution < -0.4 is 4.74 Å². The van der Waals surface area contributed by atoms with E-state index in [-0.39, 0.29) is 0 Å². The highest BCUT2D eigenvalue weighted by atomic mass is 79.9. The van der Waals surface area contributed by atoms with Crippen molar-refractivity contribution >= 4 is 33.6 Å². The molecule has 0 N–H and O–H groups in total. The summed E-state index contributed by atoms with van der Waals surface area (Å²) < 4.78 is 6.04. The van der Waals surface area contributed by atoms with E-state index in [9.17, 15) is 4.79 Å². The normalized spacial score (nSPS) is 10.3. The summed E-state index contributed by atoms with van der Waals surface area (Å²) in [6, 6.07) is 5.73. The molecule has 0 bridgehead atoms. The maximum atomic E-state index is 10.8. The fraction of sp³-hybridized carbons (Fsp3) is 0.167. The molecule has 0 aliphatic carbocycles. The number of carbonyl (C=O) groups excluding carboxylic acids is 1. The first-order chi connectivity index (χ1) is 8.15. The van der Waals surface area contributed by atoms with Crippen LogP contribution in [0.3, 0.4) is 0 Å². The Morgan fingerprint density at radius 2 is 2.24 bits per heavy atom. The van der Waals surface area contributed by atoms with Crippen LogP contribution in [0.1, 0.15) is 15.4 Å². The Morgan fingerprint density at radius 1 is 1.47 bits per heavy atom. The Bertz CT molecular complexity index is 566. The van der Waals surface area contributed by atoms with Crippen molar-refractivity contribution in [2.75, 3.05) is 7.11 Å². The average molecular weight is 312 g/mol. The molecule has 17 heavy (non-hydrogen) atoms. The number of carbonyl (C=O) groups is 1. The van der Waals surface area contributed by atoms with E-state index in [1.54, 1.807) is 7.11 Å². The van der Waals surface area contributed by atoms with Crippen molar-refractivity contribution in [3.05, 3.63) is 33.2 Å². The Kier molecular flexibility index (Phi) is 3.59. The van der Waals surface area contributed by atoms with E-state index in [2.05, 4.69) is 20.9 Å². The number of nitrogens with zero attached hydrogens (tertiary/aromatic N) is 1. The molecule has 0 radical (unpaired) electrons. The molecule has 0 unspecified atom stereocenters. The van der Waals surface area contributed by atoms with E-state index in [1.165, 1.54) is 11.3 Å². The second kappa shape index (κ2) is 4.98. The molecule has 2 rings (SSSR count). The summed E-state index contributed by atoms with van der Waals surface area (Å²) in [5, 5.41) is 0.841. The summed E-state index contributed by atoms with van der Waals surface area (Å²) in [4.78, 5) is 15.8. The minimum Gasteiger partial charge on any atom is -0.496 e. The van der Waals surface area contributed by atoms with Crippen molar-refractivity contribution in [2.45, 2.75) is 6.92 Å². The molecular weight excluding hydrogens is 302 g/mol. The fourth-order valence-corrected chi connectivity index (χ4v) is 2.86. The van der Waals surface area contributed by atoms with Crippen molar-refractivity contribution < 1.29 is 9.53 Å². The van der Waals surface area contributed by atoms with E-state index in [4.69, 9.17) is 4.74 Å². The molecule has 0 saturated carbocycles. The lowest BCUT2D eigenvalue weighted by atomic mass is 10.2. The lowest BCUT2D eigenvalue weighted by Crippen LogP contribution is -1.85. The van der Waals surface area contributed by atoms with Crippen LogP contribution in [0, 0.1) is 6.92 Å². The summed E-state index contributed by atoms with van der Waals surface area (Å²) in [6.45, 7) is 1.84. The van der Waals surface area contributed by atoms with E-state index < -0.39 is 0 Å². The second-order valence-electron chi connectivity index (χ2n) is 3.44. The van der Waals surface area contributed by atoms with Crippen molar-refractivity contribution in [1.82, 2.24) is 4.98 Å². The summed E-state index contributed by atoms with van der Waals surface area (Å²) in [6.07, 6.45) is 0.842. The standard InChI is InChI=1S/C12H10BrNO2S/c1-7-11(6-15)17-12(14-7)8-3-4-10(16-2)9(13)5-8/h3-6H,1-2H3. The SMILES string of the molecule is COc1ccc(-c2nc(C)c(C=O)s2)cc1Br. The predicted molar refractivity (Wildman–Crippen MR) is 71.9 cm³/mol. The number of halogens is 1. The second-order valence-corrected chi connectivity index (χ2v) is 5.32. The summed E-state index contributed by atoms with van der Waals surface area (Å²) in [5.41, 5.74) is 1.74. The van der Waals surface area contributed by atoms with Crippen LogP contribution in [0.25, 0.3) is 10.6 Å². The maximum absolute atomic E-state index is 10.8. The minimum absolute atomic E-state index is 0.673. The first-order valence-corrected chi connectivity index (χ1v) is 6.53. The maximum Gasteiger partial charge on any atom is 0.161 e. The zero-order valence-electron chi connectivity index (χ0n) is 9.36. The van der Waals surface area contributed by atoms with E-state index >= 15 is 0 Å². The van der Waals surface area contributed by atoms with Gasteiger partial charge in [0.1, 0.15) is 10.8 Å². The zero-order valence-corrected chi connectivity index (χ0v) is 11.8. The van der Waals surface area contributed by atoms with Crippen LogP contribution in [0.15, 0.2) is 22.7 Å². The van der Waals surface area contributed by atoms with Gasteiger partial charge in [-0.25, -0.2) is 4.98 Å². The predicted octanol–water partition coefficient (Wildman–Crippen LogP) is 3.70. The van der Waals surface area contributed by atoms with Crippen LogP contribution in [-0.2, 0) is 0 Å². The van der Waals surface area contributed by atoms with Gasteiger partial charge in [0, 0.05) is 5.56 Å². The van der Waals surface area contributed by atoms with Gasteiger partial charge in [-0.2, -0.15) is 0 Å². The number of rotatable bonds is 3. The number of aromatic nitrogens is 1. The molecule has 0 fully saturated rings. The molecule has 0 amide bonds. The van der Waals surface area contributed by atoms with E-state index in [0.29, 0.717) is 4.88 Å². The number of hydrogen-bond acceptors (Lipinski definition) is 4. The zero-order chi connectivity index (χ0) is 12.4. The third kappa shape index (κ3) is 2.40. The third-order valence-electron chi connectivity index (χ3n) is 2.34. The molecule has 5 heteroatoms. The first kappa shape index (κ1) is 12.3. The fourth-order valence-electron chi connectivity index (χ4n) is 1.44. The minimum atomic E-state index is 0.673. The molecule has 2 aromatic rings. The number of benzene rings is 1. The van der Waals surface area contributed by atoms with Gasteiger partial charge in [0.25, 0.3) is 0 Å². The molecule has 1 aromatic heterocycles. The number of aryl methyl sites for hydroxylation is 1. The van der Waals surface area contributed by atoms with Gasteiger partial charge >= 0.3 is 0 Å². The summed E-state index contributed by atoms with van der Waals surface area (Å²) >= 11 is 4.82. The molecular formula is C12H10BrNO2S. The van der Waals surface area contributed by atoms with Gasteiger partial charge < -0.3 is 4.74 Å². The van der Waals surface area contributed by atoms with E-state index in [0.717, 1.165) is 32.8 Å². The van der Waals surface area contributed by atoms with Gasteiger partial charge in [-0.3, -0.25) is 4.79 Å². The number of methoxy groups -OCH3 is 1.